The standard InChI is InChI=1S/C17H25BrN2O2/c18-16-13-12-15(22-16)17(21)20-19-14-10-8-6-4-2-1-3-5-7-9-11-14/h12-13H,1-11H2,(H,20,21). The van der Waals surface area contributed by atoms with Crippen molar-refractivity contribution in [2.24, 2.45) is 5.10 Å². The van der Waals surface area contributed by atoms with E-state index < -0.39 is 0 Å². The second kappa shape index (κ2) is 9.82. The van der Waals surface area contributed by atoms with Gasteiger partial charge in [-0.05, 0) is 53.7 Å². The van der Waals surface area contributed by atoms with Crippen molar-refractivity contribution >= 4 is 27.5 Å². The summed E-state index contributed by atoms with van der Waals surface area (Å²) in [7, 11) is 0. The van der Waals surface area contributed by atoms with Gasteiger partial charge in [0.25, 0.3) is 0 Å². The molecule has 1 aromatic heterocycles. The molecule has 22 heavy (non-hydrogen) atoms. The molecule has 0 atom stereocenters. The normalized spacial score (nSPS) is 18.1. The third-order valence-electron chi connectivity index (χ3n) is 4.04. The predicted molar refractivity (Wildman–Crippen MR) is 92.1 cm³/mol. The van der Waals surface area contributed by atoms with Gasteiger partial charge >= 0.3 is 5.91 Å². The molecule has 1 fully saturated rings. The van der Waals surface area contributed by atoms with Crippen LogP contribution in [0.4, 0.5) is 0 Å². The zero-order valence-corrected chi connectivity index (χ0v) is 14.7. The van der Waals surface area contributed by atoms with Crippen LogP contribution >= 0.6 is 15.9 Å². The summed E-state index contributed by atoms with van der Waals surface area (Å²) in [5, 5.41) is 4.34. The Morgan fingerprint density at radius 3 is 2.00 bits per heavy atom. The molecule has 0 unspecified atom stereocenters. The first-order chi connectivity index (χ1) is 10.8. The molecule has 0 radical (unpaired) electrons. The monoisotopic (exact) mass is 368 g/mol. The van der Waals surface area contributed by atoms with Gasteiger partial charge in [0.1, 0.15) is 0 Å². The fraction of sp³-hybridized carbons (Fsp3) is 0.647. The molecule has 1 aliphatic rings. The quantitative estimate of drug-likeness (QED) is 0.707. The highest BCUT2D eigenvalue weighted by Crippen LogP contribution is 2.16. The lowest BCUT2D eigenvalue weighted by molar-refractivity contribution is 0.0925. The molecule has 1 amide bonds. The number of nitrogens with one attached hydrogen (secondary N) is 1. The van der Waals surface area contributed by atoms with E-state index in [1.807, 2.05) is 0 Å². The van der Waals surface area contributed by atoms with E-state index >= 15 is 0 Å². The van der Waals surface area contributed by atoms with Crippen LogP contribution in [-0.2, 0) is 0 Å². The zero-order valence-electron chi connectivity index (χ0n) is 13.1. The Bertz CT molecular complexity index is 483. The maximum Gasteiger partial charge on any atom is 0.307 e. The summed E-state index contributed by atoms with van der Waals surface area (Å²) >= 11 is 3.19. The summed E-state index contributed by atoms with van der Waals surface area (Å²) in [4.78, 5) is 11.9. The van der Waals surface area contributed by atoms with Crippen molar-refractivity contribution in [1.82, 2.24) is 5.43 Å². The number of halogens is 1. The van der Waals surface area contributed by atoms with E-state index in [4.69, 9.17) is 4.42 Å². The Kier molecular flexibility index (Phi) is 7.71. The number of rotatable bonds is 2. The van der Waals surface area contributed by atoms with E-state index in [0.717, 1.165) is 18.6 Å². The van der Waals surface area contributed by atoms with Gasteiger partial charge in [-0.15, -0.1) is 0 Å². The summed E-state index contributed by atoms with van der Waals surface area (Å²) in [5.41, 5.74) is 3.74. The second-order valence-electron chi connectivity index (χ2n) is 5.90. The summed E-state index contributed by atoms with van der Waals surface area (Å²) < 4.78 is 5.78. The van der Waals surface area contributed by atoms with Gasteiger partial charge in [-0.1, -0.05) is 44.9 Å². The Labute approximate surface area is 140 Å². The van der Waals surface area contributed by atoms with E-state index in [2.05, 4.69) is 26.5 Å². The van der Waals surface area contributed by atoms with E-state index in [-0.39, 0.29) is 11.7 Å². The SMILES string of the molecule is O=C(NN=C1CCCCCCCCCCC1)c1ccc(Br)o1. The van der Waals surface area contributed by atoms with E-state index in [9.17, 15) is 4.79 Å². The van der Waals surface area contributed by atoms with Crippen molar-refractivity contribution < 1.29 is 9.21 Å². The average Bonchev–Trinajstić information content (AvgIpc) is 2.93. The Morgan fingerprint density at radius 2 is 1.50 bits per heavy atom. The molecule has 5 heteroatoms. The summed E-state index contributed by atoms with van der Waals surface area (Å²) in [6, 6.07) is 3.35. The highest BCUT2D eigenvalue weighted by atomic mass is 79.9. The van der Waals surface area contributed by atoms with Crippen LogP contribution in [0.3, 0.4) is 0 Å². The van der Waals surface area contributed by atoms with Crippen molar-refractivity contribution in [1.29, 1.82) is 0 Å². The van der Waals surface area contributed by atoms with Gasteiger partial charge in [0.05, 0.1) is 0 Å². The van der Waals surface area contributed by atoms with Crippen molar-refractivity contribution in [3.8, 4) is 0 Å². The molecule has 122 valence electrons. The molecule has 0 saturated heterocycles. The van der Waals surface area contributed by atoms with Crippen LogP contribution in [0.15, 0.2) is 26.3 Å². The van der Waals surface area contributed by atoms with E-state index in [1.54, 1.807) is 12.1 Å². The summed E-state index contributed by atoms with van der Waals surface area (Å²) in [6.45, 7) is 0. The first-order valence-electron chi connectivity index (χ1n) is 8.37. The van der Waals surface area contributed by atoms with E-state index in [0.29, 0.717) is 4.67 Å². The number of carbonyl (C=O) groups excluding carboxylic acids is 1. The lowest BCUT2D eigenvalue weighted by Crippen LogP contribution is -2.19. The first kappa shape index (κ1) is 17.3. The number of carbonyl (C=O) groups is 1. The molecule has 0 aliphatic heterocycles. The number of hydrazone groups is 1. The van der Waals surface area contributed by atoms with Gasteiger partial charge in [-0.2, -0.15) is 5.10 Å². The molecule has 1 aromatic rings. The first-order valence-corrected chi connectivity index (χ1v) is 9.16. The molecule has 0 spiro atoms. The highest BCUT2D eigenvalue weighted by molar-refractivity contribution is 9.10. The summed E-state index contributed by atoms with van der Waals surface area (Å²) in [6.07, 6.45) is 13.6. The molecular weight excluding hydrogens is 344 g/mol. The third-order valence-corrected chi connectivity index (χ3v) is 4.47. The number of amides is 1. The van der Waals surface area contributed by atoms with Crippen molar-refractivity contribution in [3.63, 3.8) is 0 Å². The van der Waals surface area contributed by atoms with Crippen molar-refractivity contribution in [3.05, 3.63) is 22.6 Å². The number of hydrogen-bond acceptors (Lipinski definition) is 3. The molecule has 4 nitrogen and oxygen atoms in total. The molecule has 0 aromatic carbocycles. The van der Waals surface area contributed by atoms with Gasteiger partial charge in [0.2, 0.25) is 0 Å². The fourth-order valence-corrected chi connectivity index (χ4v) is 3.06. The molecule has 2 rings (SSSR count). The van der Waals surface area contributed by atoms with E-state index in [1.165, 1.54) is 57.8 Å². The highest BCUT2D eigenvalue weighted by Gasteiger charge is 2.10. The number of hydrogen-bond donors (Lipinski definition) is 1. The van der Waals surface area contributed by atoms with Gasteiger partial charge < -0.3 is 4.42 Å². The molecule has 1 aliphatic carbocycles. The molecule has 1 heterocycles. The lowest BCUT2D eigenvalue weighted by atomic mass is 10.00. The second-order valence-corrected chi connectivity index (χ2v) is 6.69. The molecule has 1 saturated carbocycles. The van der Waals surface area contributed by atoms with Crippen LogP contribution in [-0.4, -0.2) is 11.6 Å². The van der Waals surface area contributed by atoms with Crippen LogP contribution in [0.5, 0.6) is 0 Å². The largest absolute Gasteiger partial charge is 0.444 e. The number of nitrogens with zero attached hydrogens (tertiary/aromatic N) is 1. The molecule has 0 bridgehead atoms. The predicted octanol–water partition coefficient (Wildman–Crippen LogP) is 5.43. The summed E-state index contributed by atoms with van der Waals surface area (Å²) in [5.74, 6) is -0.00584. The van der Waals surface area contributed by atoms with Gasteiger partial charge in [-0.3, -0.25) is 4.79 Å². The Hall–Kier alpha value is -1.10. The Morgan fingerprint density at radius 1 is 0.955 bits per heavy atom. The van der Waals surface area contributed by atoms with Gasteiger partial charge in [-0.25, -0.2) is 5.43 Å². The Balaban J connectivity index is 1.86. The lowest BCUT2D eigenvalue weighted by Gasteiger charge is -2.09. The number of furan rings is 1. The molecular formula is C17H25BrN2O2. The van der Waals surface area contributed by atoms with Crippen LogP contribution in [0.25, 0.3) is 0 Å². The molecule has 1 N–H and O–H groups in total. The fourth-order valence-electron chi connectivity index (χ4n) is 2.75. The van der Waals surface area contributed by atoms with Crippen molar-refractivity contribution in [2.75, 3.05) is 0 Å². The average molecular weight is 369 g/mol. The minimum atomic E-state index is -0.288. The topological polar surface area (TPSA) is 54.6 Å². The van der Waals surface area contributed by atoms with Crippen LogP contribution in [0.1, 0.15) is 81.2 Å². The minimum absolute atomic E-state index is 0.282. The van der Waals surface area contributed by atoms with Crippen LogP contribution in [0, 0.1) is 0 Å². The van der Waals surface area contributed by atoms with Crippen LogP contribution in [0.2, 0.25) is 0 Å². The maximum absolute atomic E-state index is 11.9. The van der Waals surface area contributed by atoms with Gasteiger partial charge in [0, 0.05) is 5.71 Å². The van der Waals surface area contributed by atoms with Crippen molar-refractivity contribution in [2.45, 2.75) is 70.6 Å². The van der Waals surface area contributed by atoms with Crippen LogP contribution < -0.4 is 5.43 Å². The van der Waals surface area contributed by atoms with Gasteiger partial charge in [0.15, 0.2) is 10.4 Å². The maximum atomic E-state index is 11.9. The third kappa shape index (κ3) is 6.34. The minimum Gasteiger partial charge on any atom is -0.444 e. The smallest absolute Gasteiger partial charge is 0.307 e. The zero-order chi connectivity index (χ0) is 15.6.